The number of carbonyl (C=O) groups excluding carboxylic acids is 1. The molecule has 1 aliphatic carbocycles. The summed E-state index contributed by atoms with van der Waals surface area (Å²) in [6, 6.07) is 0.777. The zero-order valence-electron chi connectivity index (χ0n) is 15.3. The number of ether oxygens (including phenoxy) is 2. The van der Waals surface area contributed by atoms with Crippen molar-refractivity contribution in [1.82, 2.24) is 10.6 Å². The molecule has 2 N–H and O–H groups in total. The lowest BCUT2D eigenvalue weighted by Crippen LogP contribution is -2.51. The standard InChI is InChI=1S/C17H34N2O3/c1-12(11-17(5,6)21-7)18-13-9-8-10-14(13)19-15(20)22-16(2,3)4/h12-14,18H,8-11H2,1-7H3,(H,19,20). The van der Waals surface area contributed by atoms with E-state index in [0.29, 0.717) is 12.1 Å². The van der Waals surface area contributed by atoms with Gasteiger partial charge < -0.3 is 20.1 Å². The maximum atomic E-state index is 11.9. The van der Waals surface area contributed by atoms with E-state index in [-0.39, 0.29) is 17.7 Å². The lowest BCUT2D eigenvalue weighted by atomic mass is 9.98. The maximum absolute atomic E-state index is 11.9. The summed E-state index contributed by atoms with van der Waals surface area (Å²) in [6.07, 6.45) is 3.81. The zero-order chi connectivity index (χ0) is 17.0. The van der Waals surface area contributed by atoms with Crippen molar-refractivity contribution in [3.8, 4) is 0 Å². The summed E-state index contributed by atoms with van der Waals surface area (Å²) in [5, 5.41) is 6.65. The molecule has 0 bridgehead atoms. The normalized spacial score (nSPS) is 24.1. The Bertz CT molecular complexity index is 363. The van der Waals surface area contributed by atoms with E-state index in [1.54, 1.807) is 7.11 Å². The van der Waals surface area contributed by atoms with Gasteiger partial charge in [0.1, 0.15) is 5.60 Å². The average molecular weight is 314 g/mol. The van der Waals surface area contributed by atoms with Gasteiger partial charge in [0.15, 0.2) is 0 Å². The second-order valence-corrected chi connectivity index (χ2v) is 8.03. The van der Waals surface area contributed by atoms with Gasteiger partial charge in [-0.1, -0.05) is 0 Å². The molecule has 22 heavy (non-hydrogen) atoms. The lowest BCUT2D eigenvalue weighted by molar-refractivity contribution is 0.00725. The molecule has 0 aromatic rings. The molecule has 0 heterocycles. The van der Waals surface area contributed by atoms with E-state index in [4.69, 9.17) is 9.47 Å². The van der Waals surface area contributed by atoms with Gasteiger partial charge in [-0.2, -0.15) is 0 Å². The van der Waals surface area contributed by atoms with E-state index in [2.05, 4.69) is 31.4 Å². The molecule has 5 heteroatoms. The Labute approximate surface area is 135 Å². The minimum Gasteiger partial charge on any atom is -0.444 e. The minimum atomic E-state index is -0.457. The van der Waals surface area contributed by atoms with Crippen LogP contribution in [-0.2, 0) is 9.47 Å². The topological polar surface area (TPSA) is 59.6 Å². The minimum absolute atomic E-state index is 0.140. The van der Waals surface area contributed by atoms with Crippen LogP contribution in [0, 0.1) is 0 Å². The molecule has 3 atom stereocenters. The number of amides is 1. The second kappa shape index (κ2) is 7.64. The maximum Gasteiger partial charge on any atom is 0.407 e. The molecular weight excluding hydrogens is 280 g/mol. The summed E-state index contributed by atoms with van der Waals surface area (Å²) in [5.41, 5.74) is -0.597. The molecule has 0 aliphatic heterocycles. The second-order valence-electron chi connectivity index (χ2n) is 8.03. The Morgan fingerprint density at radius 2 is 1.77 bits per heavy atom. The third-order valence-corrected chi connectivity index (χ3v) is 4.07. The fraction of sp³-hybridized carbons (Fsp3) is 0.941. The van der Waals surface area contributed by atoms with Crippen molar-refractivity contribution < 1.29 is 14.3 Å². The van der Waals surface area contributed by atoms with E-state index in [1.807, 2.05) is 20.8 Å². The Kier molecular flexibility index (Phi) is 6.68. The van der Waals surface area contributed by atoms with Crippen LogP contribution in [0.1, 0.15) is 67.2 Å². The molecule has 0 aromatic heterocycles. The number of hydrogen-bond donors (Lipinski definition) is 2. The highest BCUT2D eigenvalue weighted by Gasteiger charge is 2.32. The monoisotopic (exact) mass is 314 g/mol. The van der Waals surface area contributed by atoms with E-state index in [1.165, 1.54) is 0 Å². The van der Waals surface area contributed by atoms with Crippen LogP contribution in [0.2, 0.25) is 0 Å². The van der Waals surface area contributed by atoms with Crippen molar-refractivity contribution in [3.63, 3.8) is 0 Å². The third-order valence-electron chi connectivity index (χ3n) is 4.07. The Morgan fingerprint density at radius 3 is 2.32 bits per heavy atom. The van der Waals surface area contributed by atoms with E-state index in [0.717, 1.165) is 25.7 Å². The Morgan fingerprint density at radius 1 is 1.18 bits per heavy atom. The van der Waals surface area contributed by atoms with Gasteiger partial charge in [0, 0.05) is 25.2 Å². The third kappa shape index (κ3) is 6.97. The van der Waals surface area contributed by atoms with Crippen LogP contribution in [0.4, 0.5) is 4.79 Å². The summed E-state index contributed by atoms with van der Waals surface area (Å²) in [4.78, 5) is 11.9. The van der Waals surface area contributed by atoms with Gasteiger partial charge in [-0.3, -0.25) is 0 Å². The number of hydrogen-bond acceptors (Lipinski definition) is 4. The Balaban J connectivity index is 2.48. The molecule has 0 saturated heterocycles. The van der Waals surface area contributed by atoms with Gasteiger partial charge in [-0.05, 0) is 67.2 Å². The van der Waals surface area contributed by atoms with Crippen LogP contribution in [-0.4, -0.2) is 42.5 Å². The first-order valence-electron chi connectivity index (χ1n) is 8.33. The average Bonchev–Trinajstić information content (AvgIpc) is 2.73. The molecule has 1 saturated carbocycles. The van der Waals surface area contributed by atoms with Crippen LogP contribution in [0.3, 0.4) is 0 Å². The zero-order valence-corrected chi connectivity index (χ0v) is 15.3. The predicted molar refractivity (Wildman–Crippen MR) is 89.1 cm³/mol. The van der Waals surface area contributed by atoms with Crippen molar-refractivity contribution in [2.75, 3.05) is 7.11 Å². The molecule has 0 radical (unpaired) electrons. The quantitative estimate of drug-likeness (QED) is 0.790. The molecule has 1 aliphatic rings. The van der Waals surface area contributed by atoms with Gasteiger partial charge in [-0.15, -0.1) is 0 Å². The molecule has 1 amide bonds. The lowest BCUT2D eigenvalue weighted by Gasteiger charge is -2.31. The van der Waals surface area contributed by atoms with Crippen molar-refractivity contribution in [2.24, 2.45) is 0 Å². The van der Waals surface area contributed by atoms with Crippen molar-refractivity contribution in [3.05, 3.63) is 0 Å². The van der Waals surface area contributed by atoms with Crippen LogP contribution >= 0.6 is 0 Å². The highest BCUT2D eigenvalue weighted by molar-refractivity contribution is 5.68. The molecular formula is C17H34N2O3. The number of methoxy groups -OCH3 is 1. The SMILES string of the molecule is COC(C)(C)CC(C)NC1CCCC1NC(=O)OC(C)(C)C. The summed E-state index contributed by atoms with van der Waals surface area (Å²) in [6.45, 7) is 12.0. The summed E-state index contributed by atoms with van der Waals surface area (Å²) in [5.74, 6) is 0. The van der Waals surface area contributed by atoms with Crippen LogP contribution < -0.4 is 10.6 Å². The van der Waals surface area contributed by atoms with Crippen molar-refractivity contribution in [2.45, 2.75) is 96.6 Å². The smallest absolute Gasteiger partial charge is 0.407 e. The van der Waals surface area contributed by atoms with Crippen LogP contribution in [0.25, 0.3) is 0 Å². The van der Waals surface area contributed by atoms with Gasteiger partial charge in [0.2, 0.25) is 0 Å². The summed E-state index contributed by atoms with van der Waals surface area (Å²) < 4.78 is 10.8. The Hall–Kier alpha value is -0.810. The molecule has 0 aromatic carbocycles. The molecule has 1 fully saturated rings. The molecule has 130 valence electrons. The van der Waals surface area contributed by atoms with Crippen LogP contribution in [0.5, 0.6) is 0 Å². The molecule has 3 unspecified atom stereocenters. The first-order valence-corrected chi connectivity index (χ1v) is 8.33. The molecule has 5 nitrogen and oxygen atoms in total. The van der Waals surface area contributed by atoms with Crippen molar-refractivity contribution in [1.29, 1.82) is 0 Å². The molecule has 1 rings (SSSR count). The number of rotatable bonds is 6. The highest BCUT2D eigenvalue weighted by Crippen LogP contribution is 2.22. The van der Waals surface area contributed by atoms with Crippen molar-refractivity contribution >= 4 is 6.09 Å². The predicted octanol–water partition coefficient (Wildman–Crippen LogP) is 3.23. The van der Waals surface area contributed by atoms with Gasteiger partial charge in [0.05, 0.1) is 5.60 Å². The number of carbonyl (C=O) groups is 1. The number of alkyl carbamates (subject to hydrolysis) is 1. The van der Waals surface area contributed by atoms with E-state index >= 15 is 0 Å². The van der Waals surface area contributed by atoms with Gasteiger partial charge in [-0.25, -0.2) is 4.79 Å². The summed E-state index contributed by atoms with van der Waals surface area (Å²) >= 11 is 0. The molecule has 0 spiro atoms. The largest absolute Gasteiger partial charge is 0.444 e. The van der Waals surface area contributed by atoms with Crippen LogP contribution in [0.15, 0.2) is 0 Å². The number of nitrogens with one attached hydrogen (secondary N) is 2. The highest BCUT2D eigenvalue weighted by atomic mass is 16.6. The van der Waals surface area contributed by atoms with E-state index in [9.17, 15) is 4.79 Å². The fourth-order valence-corrected chi connectivity index (χ4v) is 3.04. The fourth-order valence-electron chi connectivity index (χ4n) is 3.04. The summed E-state index contributed by atoms with van der Waals surface area (Å²) in [7, 11) is 1.75. The van der Waals surface area contributed by atoms with E-state index < -0.39 is 5.60 Å². The van der Waals surface area contributed by atoms with Gasteiger partial charge >= 0.3 is 6.09 Å². The first kappa shape index (κ1) is 19.2. The van der Waals surface area contributed by atoms with Gasteiger partial charge in [0.25, 0.3) is 0 Å². The first-order chi connectivity index (χ1) is 10.0.